The number of carbonyl (C=O) groups is 2. The molecule has 2 amide bonds. The molecule has 0 spiro atoms. The number of carbonyl (C=O) groups excluding carboxylic acids is 2. The van der Waals surface area contributed by atoms with E-state index in [0.717, 1.165) is 15.4 Å². The number of rotatable bonds is 13. The molecule has 0 aromatic heterocycles. The number of anilines is 1. The number of hydrogen-bond donors (Lipinski definition) is 1. The van der Waals surface area contributed by atoms with Gasteiger partial charge in [0.2, 0.25) is 11.8 Å². The van der Waals surface area contributed by atoms with Crippen LogP contribution in [0.2, 0.25) is 0 Å². The zero-order valence-corrected chi connectivity index (χ0v) is 24.6. The third-order valence-electron chi connectivity index (χ3n) is 6.37. The number of nitrogens with one attached hydrogen (secondary N) is 1. The van der Waals surface area contributed by atoms with Crippen molar-refractivity contribution in [3.63, 3.8) is 0 Å². The zero-order valence-electron chi connectivity index (χ0n) is 23.8. The summed E-state index contributed by atoms with van der Waals surface area (Å²) in [5.41, 5.74) is 1.98. The average Bonchev–Trinajstić information content (AvgIpc) is 2.94. The van der Waals surface area contributed by atoms with Gasteiger partial charge in [0, 0.05) is 13.1 Å². The summed E-state index contributed by atoms with van der Waals surface area (Å²) in [5.74, 6) is -0.246. The molecule has 8 nitrogen and oxygen atoms in total. The third-order valence-corrected chi connectivity index (χ3v) is 8.14. The fourth-order valence-corrected chi connectivity index (χ4v) is 5.53. The minimum absolute atomic E-state index is 0.0505. The fraction of sp³-hybridized carbons (Fsp3) is 0.355. The highest BCUT2D eigenvalue weighted by atomic mass is 32.2. The van der Waals surface area contributed by atoms with Crippen LogP contribution < -0.4 is 14.4 Å². The van der Waals surface area contributed by atoms with E-state index >= 15 is 0 Å². The van der Waals surface area contributed by atoms with Crippen molar-refractivity contribution in [2.75, 3.05) is 24.0 Å². The Hall–Kier alpha value is -3.85. The van der Waals surface area contributed by atoms with E-state index in [1.807, 2.05) is 51.1 Å². The Bertz CT molecular complexity index is 1380. The van der Waals surface area contributed by atoms with E-state index in [1.54, 1.807) is 50.2 Å². The predicted molar refractivity (Wildman–Crippen MR) is 158 cm³/mol. The Morgan fingerprint density at radius 3 is 2.15 bits per heavy atom. The molecule has 3 aromatic rings. The predicted octanol–water partition coefficient (Wildman–Crippen LogP) is 4.78. The van der Waals surface area contributed by atoms with Crippen LogP contribution >= 0.6 is 0 Å². The molecule has 214 valence electrons. The minimum atomic E-state index is -4.18. The van der Waals surface area contributed by atoms with Crippen molar-refractivity contribution in [2.24, 2.45) is 5.92 Å². The van der Waals surface area contributed by atoms with E-state index in [9.17, 15) is 18.0 Å². The number of benzene rings is 3. The normalized spacial score (nSPS) is 12.1. The molecular formula is C31H39N3O5S. The first-order valence-electron chi connectivity index (χ1n) is 13.5. The van der Waals surface area contributed by atoms with Crippen LogP contribution in [0.15, 0.2) is 83.8 Å². The summed E-state index contributed by atoms with van der Waals surface area (Å²) in [6.45, 7) is 9.71. The van der Waals surface area contributed by atoms with Crippen LogP contribution in [0, 0.1) is 12.8 Å². The molecule has 0 fully saturated rings. The molecule has 0 bridgehead atoms. The first kappa shape index (κ1) is 30.7. The van der Waals surface area contributed by atoms with Gasteiger partial charge in [-0.1, -0.05) is 74.0 Å². The van der Waals surface area contributed by atoms with Gasteiger partial charge in [-0.3, -0.25) is 13.9 Å². The molecule has 0 radical (unpaired) electrons. The minimum Gasteiger partial charge on any atom is -0.492 e. The standard InChI is InChI=1S/C31H39N3O5S/c1-6-39-29-15-11-10-14-28(29)34(40(37,38)27-18-16-24(4)17-19-27)22-30(35)33(21-26-12-8-7-9-13-26)25(5)31(36)32-20-23(2)3/h7-19,23,25H,6,20-22H2,1-5H3,(H,32,36)/t25-/m1/s1. The molecule has 9 heteroatoms. The summed E-state index contributed by atoms with van der Waals surface area (Å²) in [6, 6.07) is 21.7. The molecule has 3 aromatic carbocycles. The average molecular weight is 566 g/mol. The Kier molecular flexibility index (Phi) is 10.7. The van der Waals surface area contributed by atoms with Crippen LogP contribution in [-0.2, 0) is 26.2 Å². The monoisotopic (exact) mass is 565 g/mol. The van der Waals surface area contributed by atoms with Crippen LogP contribution in [0.5, 0.6) is 5.75 Å². The zero-order chi connectivity index (χ0) is 29.3. The van der Waals surface area contributed by atoms with Gasteiger partial charge in [0.15, 0.2) is 0 Å². The molecule has 0 heterocycles. The Balaban J connectivity index is 2.05. The fourth-order valence-electron chi connectivity index (χ4n) is 4.11. The highest BCUT2D eigenvalue weighted by Crippen LogP contribution is 2.33. The number of para-hydroxylation sites is 2. The van der Waals surface area contributed by atoms with Crippen molar-refractivity contribution in [2.45, 2.75) is 52.1 Å². The molecule has 1 atom stereocenters. The number of sulfonamides is 1. The highest BCUT2D eigenvalue weighted by molar-refractivity contribution is 7.92. The van der Waals surface area contributed by atoms with E-state index in [0.29, 0.717) is 18.9 Å². The van der Waals surface area contributed by atoms with Gasteiger partial charge in [-0.2, -0.15) is 0 Å². The quantitative estimate of drug-likeness (QED) is 0.322. The van der Waals surface area contributed by atoms with Crippen molar-refractivity contribution in [3.05, 3.63) is 90.0 Å². The van der Waals surface area contributed by atoms with Crippen molar-refractivity contribution in [3.8, 4) is 5.75 Å². The van der Waals surface area contributed by atoms with Crippen molar-refractivity contribution < 1.29 is 22.7 Å². The molecule has 0 aliphatic heterocycles. The topological polar surface area (TPSA) is 96.0 Å². The van der Waals surface area contributed by atoms with Crippen molar-refractivity contribution >= 4 is 27.5 Å². The van der Waals surface area contributed by atoms with Gasteiger partial charge >= 0.3 is 0 Å². The van der Waals surface area contributed by atoms with Gasteiger partial charge in [0.05, 0.1) is 17.2 Å². The second-order valence-corrected chi connectivity index (χ2v) is 11.9. The molecule has 1 N–H and O–H groups in total. The molecule has 0 saturated heterocycles. The van der Waals surface area contributed by atoms with Gasteiger partial charge in [0.25, 0.3) is 10.0 Å². The lowest BCUT2D eigenvalue weighted by Crippen LogP contribution is -2.51. The lowest BCUT2D eigenvalue weighted by molar-refractivity contribution is -0.139. The summed E-state index contributed by atoms with van der Waals surface area (Å²) in [6.07, 6.45) is 0. The van der Waals surface area contributed by atoms with Crippen LogP contribution in [0.4, 0.5) is 5.69 Å². The maximum absolute atomic E-state index is 14.0. The van der Waals surface area contributed by atoms with E-state index in [1.165, 1.54) is 17.0 Å². The van der Waals surface area contributed by atoms with Crippen LogP contribution in [0.25, 0.3) is 0 Å². The summed E-state index contributed by atoms with van der Waals surface area (Å²) in [7, 11) is -4.18. The molecular weight excluding hydrogens is 526 g/mol. The van der Waals surface area contributed by atoms with Gasteiger partial charge in [-0.05, 0) is 56.5 Å². The van der Waals surface area contributed by atoms with E-state index < -0.39 is 28.5 Å². The summed E-state index contributed by atoms with van der Waals surface area (Å²) in [5, 5.41) is 2.89. The number of aryl methyl sites for hydroxylation is 1. The van der Waals surface area contributed by atoms with Crippen LogP contribution in [0.1, 0.15) is 38.8 Å². The summed E-state index contributed by atoms with van der Waals surface area (Å²) < 4.78 is 34.9. The number of ether oxygens (including phenoxy) is 1. The lowest BCUT2D eigenvalue weighted by atomic mass is 10.1. The molecule has 0 unspecified atom stereocenters. The van der Waals surface area contributed by atoms with E-state index in [4.69, 9.17) is 4.74 Å². The van der Waals surface area contributed by atoms with Crippen molar-refractivity contribution in [1.82, 2.24) is 10.2 Å². The summed E-state index contributed by atoms with van der Waals surface area (Å²) >= 11 is 0. The van der Waals surface area contributed by atoms with E-state index in [2.05, 4.69) is 5.32 Å². The lowest BCUT2D eigenvalue weighted by Gasteiger charge is -2.32. The molecule has 0 aliphatic carbocycles. The van der Waals surface area contributed by atoms with Gasteiger partial charge in [0.1, 0.15) is 18.3 Å². The largest absolute Gasteiger partial charge is 0.492 e. The van der Waals surface area contributed by atoms with Gasteiger partial charge < -0.3 is 15.0 Å². The highest BCUT2D eigenvalue weighted by Gasteiger charge is 2.33. The van der Waals surface area contributed by atoms with Crippen LogP contribution in [0.3, 0.4) is 0 Å². The second-order valence-electron chi connectivity index (χ2n) is 10.0. The summed E-state index contributed by atoms with van der Waals surface area (Å²) in [4.78, 5) is 28.6. The SMILES string of the molecule is CCOc1ccccc1N(CC(=O)N(Cc1ccccc1)[C@H](C)C(=O)NCC(C)C)S(=O)(=O)c1ccc(C)cc1. The Labute approximate surface area is 238 Å². The molecule has 0 aliphatic rings. The van der Waals surface area contributed by atoms with Crippen molar-refractivity contribution in [1.29, 1.82) is 0 Å². The Morgan fingerprint density at radius 1 is 0.900 bits per heavy atom. The first-order valence-corrected chi connectivity index (χ1v) is 14.9. The van der Waals surface area contributed by atoms with Crippen LogP contribution in [-0.4, -0.2) is 50.9 Å². The smallest absolute Gasteiger partial charge is 0.264 e. The third kappa shape index (κ3) is 7.85. The molecule has 40 heavy (non-hydrogen) atoms. The van der Waals surface area contributed by atoms with E-state index in [-0.39, 0.29) is 29.0 Å². The second kappa shape index (κ2) is 14.0. The number of hydrogen-bond acceptors (Lipinski definition) is 5. The number of amides is 2. The maximum Gasteiger partial charge on any atom is 0.264 e. The number of nitrogens with zero attached hydrogens (tertiary/aromatic N) is 2. The maximum atomic E-state index is 14.0. The van der Waals surface area contributed by atoms with Gasteiger partial charge in [-0.15, -0.1) is 0 Å². The molecule has 3 rings (SSSR count). The first-order chi connectivity index (χ1) is 19.0. The van der Waals surface area contributed by atoms with Gasteiger partial charge in [-0.25, -0.2) is 8.42 Å². The Morgan fingerprint density at radius 2 is 1.52 bits per heavy atom. The molecule has 0 saturated carbocycles.